The fraction of sp³-hybridized carbons (Fsp3) is 0.176. The lowest BCUT2D eigenvalue weighted by Crippen LogP contribution is -2.20. The van der Waals surface area contributed by atoms with Gasteiger partial charge in [-0.2, -0.15) is 0 Å². The molecule has 138 valence electrons. The monoisotopic (exact) mass is 378 g/mol. The Morgan fingerprint density at radius 2 is 1.73 bits per heavy atom. The number of sulfonamides is 1. The van der Waals surface area contributed by atoms with Crippen LogP contribution in [0.3, 0.4) is 0 Å². The number of amides is 1. The van der Waals surface area contributed by atoms with E-state index in [4.69, 9.17) is 4.74 Å². The van der Waals surface area contributed by atoms with Crippen LogP contribution in [0.25, 0.3) is 0 Å². The van der Waals surface area contributed by atoms with Crippen LogP contribution in [0.2, 0.25) is 0 Å². The summed E-state index contributed by atoms with van der Waals surface area (Å²) in [4.78, 5) is 24.1. The Morgan fingerprint density at radius 3 is 2.35 bits per heavy atom. The lowest BCUT2D eigenvalue weighted by atomic mass is 10.1. The summed E-state index contributed by atoms with van der Waals surface area (Å²) in [5, 5.41) is 2.61. The van der Waals surface area contributed by atoms with Crippen LogP contribution < -0.4 is 14.8 Å². The van der Waals surface area contributed by atoms with Crippen molar-refractivity contribution in [2.24, 2.45) is 0 Å². The highest BCUT2D eigenvalue weighted by Gasteiger charge is 2.17. The highest BCUT2D eigenvalue weighted by Crippen LogP contribution is 2.26. The number of carbonyl (C=O) groups is 2. The van der Waals surface area contributed by atoms with E-state index < -0.39 is 21.9 Å². The molecule has 0 aliphatic rings. The lowest BCUT2D eigenvalue weighted by Gasteiger charge is -2.12. The summed E-state index contributed by atoms with van der Waals surface area (Å²) in [6.45, 7) is 0. The molecule has 0 heterocycles. The van der Waals surface area contributed by atoms with Gasteiger partial charge in [0.15, 0.2) is 0 Å². The minimum atomic E-state index is -3.68. The number of hydrogen-bond acceptors (Lipinski definition) is 6. The zero-order valence-corrected chi connectivity index (χ0v) is 15.2. The largest absolute Gasteiger partial charge is 0.495 e. The molecule has 0 aromatic heterocycles. The van der Waals surface area contributed by atoms with E-state index in [-0.39, 0.29) is 21.7 Å². The molecular weight excluding hydrogens is 360 g/mol. The average Bonchev–Trinajstić information content (AvgIpc) is 2.67. The molecular formula is C17H18N2O6S. The molecule has 2 aromatic carbocycles. The van der Waals surface area contributed by atoms with E-state index in [1.807, 2.05) is 0 Å². The molecule has 0 bridgehead atoms. The van der Waals surface area contributed by atoms with Crippen molar-refractivity contribution in [2.45, 2.75) is 4.90 Å². The van der Waals surface area contributed by atoms with Crippen molar-refractivity contribution in [2.75, 3.05) is 26.6 Å². The normalized spacial score (nSPS) is 10.9. The first-order valence-corrected chi connectivity index (χ1v) is 8.92. The quantitative estimate of drug-likeness (QED) is 0.740. The van der Waals surface area contributed by atoms with Crippen LogP contribution >= 0.6 is 0 Å². The van der Waals surface area contributed by atoms with E-state index in [1.54, 1.807) is 0 Å². The number of hydrogen-bond donors (Lipinski definition) is 2. The maximum Gasteiger partial charge on any atom is 0.337 e. The molecule has 0 spiro atoms. The number of benzene rings is 2. The molecule has 8 nitrogen and oxygen atoms in total. The van der Waals surface area contributed by atoms with Crippen molar-refractivity contribution in [3.05, 3.63) is 53.6 Å². The Hall–Kier alpha value is -2.91. The molecule has 0 fully saturated rings. The highest BCUT2D eigenvalue weighted by atomic mass is 32.2. The Bertz CT molecular complexity index is 940. The molecule has 2 rings (SSSR count). The van der Waals surface area contributed by atoms with E-state index in [0.29, 0.717) is 5.75 Å². The molecule has 26 heavy (non-hydrogen) atoms. The van der Waals surface area contributed by atoms with E-state index in [0.717, 1.165) is 0 Å². The summed E-state index contributed by atoms with van der Waals surface area (Å²) >= 11 is 0. The predicted molar refractivity (Wildman–Crippen MR) is 95.0 cm³/mol. The fourth-order valence-corrected chi connectivity index (χ4v) is 2.94. The van der Waals surface area contributed by atoms with Crippen LogP contribution in [0.1, 0.15) is 20.7 Å². The molecule has 0 aliphatic carbocycles. The number of esters is 1. The van der Waals surface area contributed by atoms with E-state index in [2.05, 4.69) is 14.8 Å². The molecule has 0 saturated heterocycles. The summed E-state index contributed by atoms with van der Waals surface area (Å²) < 4.78 is 35.8. The van der Waals surface area contributed by atoms with Gasteiger partial charge in [-0.05, 0) is 43.4 Å². The average molecular weight is 378 g/mol. The Balaban J connectivity index is 2.35. The molecule has 9 heteroatoms. The third-order valence-corrected chi connectivity index (χ3v) is 4.96. The zero-order chi connectivity index (χ0) is 19.3. The van der Waals surface area contributed by atoms with Gasteiger partial charge in [-0.3, -0.25) is 4.79 Å². The van der Waals surface area contributed by atoms with Gasteiger partial charge in [-0.15, -0.1) is 0 Å². The van der Waals surface area contributed by atoms with Crippen LogP contribution in [0, 0.1) is 0 Å². The number of carbonyl (C=O) groups excluding carboxylic acids is 2. The minimum absolute atomic E-state index is 0.0390. The standard InChI is InChI=1S/C17H18N2O6S/c1-18-26(22,23)13-6-4-5-11(9-13)16(20)19-14-10-12(17(21)25-3)7-8-15(14)24-2/h4-10,18H,1-3H3,(H,19,20). The zero-order valence-electron chi connectivity index (χ0n) is 14.4. The van der Waals surface area contributed by atoms with Gasteiger partial charge in [0.1, 0.15) is 5.75 Å². The Labute approximate surface area is 151 Å². The van der Waals surface area contributed by atoms with Crippen LogP contribution in [0.15, 0.2) is 47.4 Å². The first-order chi connectivity index (χ1) is 12.3. The molecule has 1 amide bonds. The molecule has 0 aliphatic heterocycles. The first-order valence-electron chi connectivity index (χ1n) is 7.43. The van der Waals surface area contributed by atoms with Crippen molar-refractivity contribution in [3.8, 4) is 5.75 Å². The predicted octanol–water partition coefficient (Wildman–Crippen LogP) is 1.64. The fourth-order valence-electron chi connectivity index (χ4n) is 2.17. The summed E-state index contributed by atoms with van der Waals surface area (Å²) in [6, 6.07) is 9.99. The van der Waals surface area contributed by atoms with E-state index in [9.17, 15) is 18.0 Å². The van der Waals surface area contributed by atoms with E-state index >= 15 is 0 Å². The van der Waals surface area contributed by atoms with Crippen LogP contribution in [-0.4, -0.2) is 41.6 Å². The van der Waals surface area contributed by atoms with Gasteiger partial charge in [0.05, 0.1) is 30.4 Å². The SMILES string of the molecule is CNS(=O)(=O)c1cccc(C(=O)Nc2cc(C(=O)OC)ccc2OC)c1. The summed E-state index contributed by atoms with van der Waals surface area (Å²) in [7, 11) is 0.274. The molecule has 0 radical (unpaired) electrons. The number of methoxy groups -OCH3 is 2. The van der Waals surface area contributed by atoms with Gasteiger partial charge in [0, 0.05) is 5.56 Å². The number of rotatable bonds is 6. The highest BCUT2D eigenvalue weighted by molar-refractivity contribution is 7.89. The van der Waals surface area contributed by atoms with Gasteiger partial charge in [0.25, 0.3) is 5.91 Å². The van der Waals surface area contributed by atoms with Crippen molar-refractivity contribution in [1.29, 1.82) is 0 Å². The van der Waals surface area contributed by atoms with Crippen molar-refractivity contribution in [3.63, 3.8) is 0 Å². The molecule has 0 unspecified atom stereocenters. The first kappa shape index (κ1) is 19.4. The number of ether oxygens (including phenoxy) is 2. The second-order valence-corrected chi connectivity index (χ2v) is 6.98. The summed E-state index contributed by atoms with van der Waals surface area (Å²) in [5.74, 6) is -0.784. The van der Waals surface area contributed by atoms with Crippen molar-refractivity contribution in [1.82, 2.24) is 4.72 Å². The maximum absolute atomic E-state index is 12.5. The van der Waals surface area contributed by atoms with Gasteiger partial charge in [-0.25, -0.2) is 17.9 Å². The smallest absolute Gasteiger partial charge is 0.337 e. The number of anilines is 1. The van der Waals surface area contributed by atoms with Crippen LogP contribution in [0.4, 0.5) is 5.69 Å². The van der Waals surface area contributed by atoms with E-state index in [1.165, 1.54) is 63.7 Å². The van der Waals surface area contributed by atoms with Crippen molar-refractivity contribution < 1.29 is 27.5 Å². The molecule has 0 atom stereocenters. The maximum atomic E-state index is 12.5. The lowest BCUT2D eigenvalue weighted by molar-refractivity contribution is 0.0600. The van der Waals surface area contributed by atoms with Gasteiger partial charge < -0.3 is 14.8 Å². The van der Waals surface area contributed by atoms with Crippen LogP contribution in [0.5, 0.6) is 5.75 Å². The van der Waals surface area contributed by atoms with Gasteiger partial charge in [-0.1, -0.05) is 6.07 Å². The Kier molecular flexibility index (Phi) is 5.96. The second-order valence-electron chi connectivity index (χ2n) is 5.10. The Morgan fingerprint density at radius 1 is 1.00 bits per heavy atom. The van der Waals surface area contributed by atoms with Gasteiger partial charge >= 0.3 is 5.97 Å². The second kappa shape index (κ2) is 7.98. The molecule has 2 aromatic rings. The summed E-state index contributed by atoms with van der Waals surface area (Å²) in [6.07, 6.45) is 0. The topological polar surface area (TPSA) is 111 Å². The number of nitrogens with one attached hydrogen (secondary N) is 2. The van der Waals surface area contributed by atoms with Crippen molar-refractivity contribution >= 4 is 27.6 Å². The van der Waals surface area contributed by atoms with Gasteiger partial charge in [0.2, 0.25) is 10.0 Å². The minimum Gasteiger partial charge on any atom is -0.495 e. The molecule has 2 N–H and O–H groups in total. The third kappa shape index (κ3) is 4.19. The molecule has 0 saturated carbocycles. The summed E-state index contributed by atoms with van der Waals surface area (Å²) in [5.41, 5.74) is 0.615. The van der Waals surface area contributed by atoms with Crippen LogP contribution in [-0.2, 0) is 14.8 Å². The third-order valence-electron chi connectivity index (χ3n) is 3.54.